The zero-order valence-corrected chi connectivity index (χ0v) is 19.7. The molecule has 1 aliphatic heterocycles. The zero-order valence-electron chi connectivity index (χ0n) is 18.9. The third-order valence-electron chi connectivity index (χ3n) is 5.07. The van der Waals surface area contributed by atoms with Crippen LogP contribution >= 0.6 is 11.8 Å². The van der Waals surface area contributed by atoms with Gasteiger partial charge in [0, 0.05) is 16.9 Å². The molecule has 34 heavy (non-hydrogen) atoms. The molecule has 0 saturated carbocycles. The molecule has 1 aliphatic rings. The predicted molar refractivity (Wildman–Crippen MR) is 131 cm³/mol. The SMILES string of the molecule is C=CCOC(=O)C1=C(C)NC(SCC(=O)Nc2cccc(C)c2)=C(C#N)C1c1ccccc1F. The maximum absolute atomic E-state index is 14.8. The topological polar surface area (TPSA) is 91.2 Å². The van der Waals surface area contributed by atoms with E-state index >= 15 is 0 Å². The first-order valence-corrected chi connectivity index (χ1v) is 11.5. The van der Waals surface area contributed by atoms with Crippen LogP contribution in [0.3, 0.4) is 0 Å². The number of halogens is 1. The van der Waals surface area contributed by atoms with Gasteiger partial charge in [0.2, 0.25) is 5.91 Å². The van der Waals surface area contributed by atoms with Crippen molar-refractivity contribution in [3.8, 4) is 6.07 Å². The molecule has 1 heterocycles. The molecule has 1 atom stereocenters. The molecule has 8 heteroatoms. The molecule has 2 aromatic rings. The molecule has 0 fully saturated rings. The minimum atomic E-state index is -0.980. The number of ether oxygens (including phenoxy) is 1. The van der Waals surface area contributed by atoms with Crippen molar-refractivity contribution in [2.45, 2.75) is 19.8 Å². The number of esters is 1. The van der Waals surface area contributed by atoms with Gasteiger partial charge in [0.05, 0.1) is 33.9 Å². The van der Waals surface area contributed by atoms with Gasteiger partial charge in [-0.25, -0.2) is 9.18 Å². The maximum Gasteiger partial charge on any atom is 0.337 e. The van der Waals surface area contributed by atoms with Gasteiger partial charge in [-0.3, -0.25) is 4.79 Å². The second-order valence-electron chi connectivity index (χ2n) is 7.57. The number of amides is 1. The van der Waals surface area contributed by atoms with Crippen molar-refractivity contribution in [3.05, 3.63) is 100 Å². The fraction of sp³-hybridized carbons (Fsp3) is 0.192. The van der Waals surface area contributed by atoms with Crippen LogP contribution in [0.25, 0.3) is 0 Å². The van der Waals surface area contributed by atoms with Crippen LogP contribution in [-0.2, 0) is 14.3 Å². The fourth-order valence-electron chi connectivity index (χ4n) is 3.59. The standard InChI is InChI=1S/C26H24FN3O3S/c1-4-12-33-26(32)23-17(3)29-25(20(14-28)24(23)19-10-5-6-11-21(19)27)34-15-22(31)30-18-9-7-8-16(2)13-18/h4-11,13,24,29H,1,12,15H2,2-3H3,(H,30,31). The summed E-state index contributed by atoms with van der Waals surface area (Å²) >= 11 is 1.11. The summed E-state index contributed by atoms with van der Waals surface area (Å²) in [6.45, 7) is 7.09. The van der Waals surface area contributed by atoms with E-state index in [9.17, 15) is 19.2 Å². The number of nitrogens with zero attached hydrogens (tertiary/aromatic N) is 1. The van der Waals surface area contributed by atoms with E-state index in [1.807, 2.05) is 25.1 Å². The van der Waals surface area contributed by atoms with Crippen molar-refractivity contribution in [2.24, 2.45) is 0 Å². The summed E-state index contributed by atoms with van der Waals surface area (Å²) in [6, 6.07) is 15.5. The van der Waals surface area contributed by atoms with Gasteiger partial charge in [-0.05, 0) is 37.6 Å². The second kappa shape index (κ2) is 11.3. The molecule has 6 nitrogen and oxygen atoms in total. The average Bonchev–Trinajstić information content (AvgIpc) is 2.81. The van der Waals surface area contributed by atoms with Crippen molar-refractivity contribution < 1.29 is 18.7 Å². The number of anilines is 1. The summed E-state index contributed by atoms with van der Waals surface area (Å²) in [4.78, 5) is 25.4. The molecule has 0 aromatic heterocycles. The number of dihydropyridines is 1. The maximum atomic E-state index is 14.8. The molecule has 0 spiro atoms. The van der Waals surface area contributed by atoms with Crippen molar-refractivity contribution in [1.29, 1.82) is 5.26 Å². The number of benzene rings is 2. The molecule has 0 radical (unpaired) electrons. The minimum absolute atomic E-state index is 0.00890. The Hall–Kier alpha value is -3.83. The molecule has 0 saturated heterocycles. The van der Waals surface area contributed by atoms with Gasteiger partial charge in [0.1, 0.15) is 12.4 Å². The molecule has 0 bridgehead atoms. The number of hydrogen-bond donors (Lipinski definition) is 2. The van der Waals surface area contributed by atoms with E-state index in [1.54, 1.807) is 19.1 Å². The third-order valence-corrected chi connectivity index (χ3v) is 6.08. The molecule has 3 rings (SSSR count). The number of hydrogen-bond acceptors (Lipinski definition) is 6. The molecule has 174 valence electrons. The number of carbonyl (C=O) groups excluding carboxylic acids is 2. The molecule has 1 unspecified atom stereocenters. The lowest BCUT2D eigenvalue weighted by molar-refractivity contribution is -0.138. The van der Waals surface area contributed by atoms with Crippen LogP contribution in [0.5, 0.6) is 0 Å². The minimum Gasteiger partial charge on any atom is -0.458 e. The summed E-state index contributed by atoms with van der Waals surface area (Å²) in [7, 11) is 0. The Morgan fingerprint density at radius 1 is 1.26 bits per heavy atom. The average molecular weight is 478 g/mol. The van der Waals surface area contributed by atoms with Gasteiger partial charge in [-0.1, -0.05) is 54.7 Å². The lowest BCUT2D eigenvalue weighted by atomic mass is 9.82. The van der Waals surface area contributed by atoms with Gasteiger partial charge in [0.25, 0.3) is 0 Å². The number of nitriles is 1. The van der Waals surface area contributed by atoms with Gasteiger partial charge in [-0.15, -0.1) is 0 Å². The highest BCUT2D eigenvalue weighted by Gasteiger charge is 2.37. The molecule has 2 aromatic carbocycles. The van der Waals surface area contributed by atoms with Crippen molar-refractivity contribution in [2.75, 3.05) is 17.7 Å². The number of rotatable bonds is 8. The molecule has 0 aliphatic carbocycles. The predicted octanol–water partition coefficient (Wildman–Crippen LogP) is 4.93. The Balaban J connectivity index is 1.92. The van der Waals surface area contributed by atoms with Crippen LogP contribution in [0.1, 0.15) is 24.0 Å². The normalized spacial score (nSPS) is 15.3. The number of aryl methyl sites for hydroxylation is 1. The van der Waals surface area contributed by atoms with Gasteiger partial charge < -0.3 is 15.4 Å². The van der Waals surface area contributed by atoms with Crippen LogP contribution in [0.2, 0.25) is 0 Å². The third kappa shape index (κ3) is 5.74. The van der Waals surface area contributed by atoms with E-state index in [4.69, 9.17) is 4.74 Å². The quantitative estimate of drug-likeness (QED) is 0.414. The molecular formula is C26H24FN3O3S. The zero-order chi connectivity index (χ0) is 24.7. The van der Waals surface area contributed by atoms with Crippen molar-refractivity contribution in [1.82, 2.24) is 5.32 Å². The highest BCUT2D eigenvalue weighted by molar-refractivity contribution is 8.03. The van der Waals surface area contributed by atoms with E-state index in [0.29, 0.717) is 16.4 Å². The Morgan fingerprint density at radius 3 is 2.71 bits per heavy atom. The number of allylic oxidation sites excluding steroid dienone is 2. The van der Waals surface area contributed by atoms with Crippen LogP contribution in [0.15, 0.2) is 83.1 Å². The molecular weight excluding hydrogens is 453 g/mol. The first-order chi connectivity index (χ1) is 16.3. The van der Waals surface area contributed by atoms with Crippen molar-refractivity contribution >= 4 is 29.3 Å². The second-order valence-corrected chi connectivity index (χ2v) is 8.55. The summed E-state index contributed by atoms with van der Waals surface area (Å²) in [5.41, 5.74) is 2.55. The summed E-state index contributed by atoms with van der Waals surface area (Å²) < 4.78 is 20.0. The Kier molecular flexibility index (Phi) is 8.28. The van der Waals surface area contributed by atoms with E-state index in [1.165, 1.54) is 24.3 Å². The lowest BCUT2D eigenvalue weighted by Crippen LogP contribution is -2.30. The smallest absolute Gasteiger partial charge is 0.337 e. The highest BCUT2D eigenvalue weighted by Crippen LogP contribution is 2.41. The Labute approximate surface area is 202 Å². The van der Waals surface area contributed by atoms with E-state index < -0.39 is 17.7 Å². The number of carbonyl (C=O) groups is 2. The van der Waals surface area contributed by atoms with Crippen molar-refractivity contribution in [3.63, 3.8) is 0 Å². The van der Waals surface area contributed by atoms with Crippen LogP contribution in [0.4, 0.5) is 10.1 Å². The summed E-state index contributed by atoms with van der Waals surface area (Å²) in [6.07, 6.45) is 1.43. The first kappa shape index (κ1) is 24.8. The van der Waals surface area contributed by atoms with Gasteiger partial charge in [-0.2, -0.15) is 5.26 Å². The summed E-state index contributed by atoms with van der Waals surface area (Å²) in [5.74, 6) is -2.46. The van der Waals surface area contributed by atoms with E-state index in [0.717, 1.165) is 17.3 Å². The van der Waals surface area contributed by atoms with Crippen LogP contribution in [-0.4, -0.2) is 24.2 Å². The van der Waals surface area contributed by atoms with E-state index in [-0.39, 0.29) is 35.0 Å². The fourth-order valence-corrected chi connectivity index (χ4v) is 4.48. The largest absolute Gasteiger partial charge is 0.458 e. The number of thioether (sulfide) groups is 1. The Morgan fingerprint density at radius 2 is 2.03 bits per heavy atom. The molecule has 2 N–H and O–H groups in total. The van der Waals surface area contributed by atoms with Crippen LogP contribution < -0.4 is 10.6 Å². The first-order valence-electron chi connectivity index (χ1n) is 10.5. The van der Waals surface area contributed by atoms with Gasteiger partial charge >= 0.3 is 5.97 Å². The monoisotopic (exact) mass is 477 g/mol. The van der Waals surface area contributed by atoms with Gasteiger partial charge in [0.15, 0.2) is 0 Å². The van der Waals surface area contributed by atoms with Crippen LogP contribution in [0, 0.1) is 24.1 Å². The lowest BCUT2D eigenvalue weighted by Gasteiger charge is -2.29. The van der Waals surface area contributed by atoms with E-state index in [2.05, 4.69) is 23.3 Å². The Bertz CT molecular complexity index is 1230. The molecule has 1 amide bonds. The number of nitrogens with one attached hydrogen (secondary N) is 2. The highest BCUT2D eigenvalue weighted by atomic mass is 32.2. The summed E-state index contributed by atoms with van der Waals surface area (Å²) in [5, 5.41) is 16.2.